The summed E-state index contributed by atoms with van der Waals surface area (Å²) in [5.74, 6) is 0. The Kier molecular flexibility index (Phi) is 5.31. The fourth-order valence-electron chi connectivity index (χ4n) is 2.26. The summed E-state index contributed by atoms with van der Waals surface area (Å²) in [5.41, 5.74) is 17.1. The van der Waals surface area contributed by atoms with Crippen LogP contribution in [0.3, 0.4) is 0 Å². The van der Waals surface area contributed by atoms with E-state index in [1.54, 1.807) is 6.08 Å². The van der Waals surface area contributed by atoms with Crippen LogP contribution in [0.15, 0.2) is 83.8 Å². The Bertz CT molecular complexity index is 615. The van der Waals surface area contributed by atoms with Gasteiger partial charge in [-0.15, -0.1) is 0 Å². The van der Waals surface area contributed by atoms with E-state index >= 15 is 0 Å². The summed E-state index contributed by atoms with van der Waals surface area (Å²) in [6.07, 6.45) is 15.6. The van der Waals surface area contributed by atoms with Gasteiger partial charge in [-0.3, -0.25) is 0 Å². The second-order valence-electron chi connectivity index (χ2n) is 5.50. The molecule has 2 aliphatic rings. The van der Waals surface area contributed by atoms with Gasteiger partial charge in [-0.25, -0.2) is 0 Å². The Balaban J connectivity index is 1.89. The lowest BCUT2D eigenvalue weighted by atomic mass is 10.0. The van der Waals surface area contributed by atoms with Crippen molar-refractivity contribution in [2.24, 2.45) is 11.5 Å². The summed E-state index contributed by atoms with van der Waals surface area (Å²) < 4.78 is 0. The van der Waals surface area contributed by atoms with Crippen molar-refractivity contribution in [3.8, 4) is 0 Å². The largest absolute Gasteiger partial charge is 0.402 e. The van der Waals surface area contributed by atoms with Crippen LogP contribution < -0.4 is 22.1 Å². The van der Waals surface area contributed by atoms with Crippen molar-refractivity contribution in [1.29, 1.82) is 0 Å². The number of hydrogen-bond donors (Lipinski definition) is 4. The first-order valence-corrected chi connectivity index (χ1v) is 7.43. The monoisotopic (exact) mass is 296 g/mol. The topological polar surface area (TPSA) is 76.1 Å². The molecule has 116 valence electrons. The van der Waals surface area contributed by atoms with Gasteiger partial charge in [0.25, 0.3) is 0 Å². The molecule has 0 saturated heterocycles. The minimum absolute atomic E-state index is 0.516. The zero-order chi connectivity index (χ0) is 15.9. The molecule has 4 nitrogen and oxygen atoms in total. The molecule has 22 heavy (non-hydrogen) atoms. The van der Waals surface area contributed by atoms with E-state index < -0.39 is 0 Å². The van der Waals surface area contributed by atoms with Crippen LogP contribution in [0.25, 0.3) is 0 Å². The number of nitrogens with two attached hydrogens (primary N) is 2. The molecule has 0 amide bonds. The average molecular weight is 296 g/mol. The lowest BCUT2D eigenvalue weighted by Gasteiger charge is -2.20. The Hall–Kier alpha value is -2.62. The number of allylic oxidation sites excluding steroid dienone is 10. The number of hydrogen-bond acceptors (Lipinski definition) is 4. The van der Waals surface area contributed by atoms with Crippen LogP contribution >= 0.6 is 0 Å². The molecule has 4 heteroatoms. The lowest BCUT2D eigenvalue weighted by molar-refractivity contribution is 0.737. The molecule has 0 spiro atoms. The van der Waals surface area contributed by atoms with Crippen molar-refractivity contribution < 1.29 is 0 Å². The van der Waals surface area contributed by atoms with Crippen LogP contribution in [0, 0.1) is 0 Å². The van der Waals surface area contributed by atoms with Gasteiger partial charge in [0, 0.05) is 34.2 Å². The molecule has 0 aromatic rings. The van der Waals surface area contributed by atoms with E-state index in [4.69, 9.17) is 11.5 Å². The second-order valence-corrected chi connectivity index (χ2v) is 5.50. The maximum absolute atomic E-state index is 5.77. The standard InChI is InChI=1S/C18H24N4/c1-13(19)3-4-14(2)21-16-9-11-18(12-10-16)22-17-7-5-15(20)6-8-17/h3-5,7,9,11,21-22H,1-2,6,8,10,12,19-20H2/b4-3-. The second kappa shape index (κ2) is 7.41. The van der Waals surface area contributed by atoms with Crippen molar-refractivity contribution in [2.45, 2.75) is 25.7 Å². The van der Waals surface area contributed by atoms with Crippen LogP contribution in [0.1, 0.15) is 25.7 Å². The third kappa shape index (κ3) is 5.05. The predicted molar refractivity (Wildman–Crippen MR) is 92.9 cm³/mol. The molecular formula is C18H24N4. The van der Waals surface area contributed by atoms with Crippen LogP contribution in [-0.4, -0.2) is 0 Å². The Morgan fingerprint density at radius 2 is 1.50 bits per heavy atom. The molecule has 0 aliphatic heterocycles. The van der Waals surface area contributed by atoms with Gasteiger partial charge >= 0.3 is 0 Å². The van der Waals surface area contributed by atoms with Gasteiger partial charge in [0.1, 0.15) is 0 Å². The molecule has 0 aromatic carbocycles. The molecule has 0 saturated carbocycles. The first-order chi connectivity index (χ1) is 10.5. The maximum Gasteiger partial charge on any atom is 0.0309 e. The van der Waals surface area contributed by atoms with Gasteiger partial charge < -0.3 is 22.1 Å². The summed E-state index contributed by atoms with van der Waals surface area (Å²) >= 11 is 0. The molecule has 0 heterocycles. The lowest BCUT2D eigenvalue weighted by Crippen LogP contribution is -2.19. The Morgan fingerprint density at radius 1 is 0.909 bits per heavy atom. The predicted octanol–water partition coefficient (Wildman–Crippen LogP) is 2.79. The average Bonchev–Trinajstić information content (AvgIpc) is 2.49. The summed E-state index contributed by atoms with van der Waals surface area (Å²) in [6, 6.07) is 0. The summed E-state index contributed by atoms with van der Waals surface area (Å²) in [4.78, 5) is 0. The highest BCUT2D eigenvalue weighted by atomic mass is 14.9. The van der Waals surface area contributed by atoms with Crippen LogP contribution in [0.4, 0.5) is 0 Å². The normalized spacial score (nSPS) is 18.0. The fourth-order valence-corrected chi connectivity index (χ4v) is 2.26. The first kappa shape index (κ1) is 15.8. The molecule has 0 fully saturated rings. The fraction of sp³-hybridized carbons (Fsp3) is 0.222. The minimum Gasteiger partial charge on any atom is -0.402 e. The zero-order valence-corrected chi connectivity index (χ0v) is 12.9. The van der Waals surface area contributed by atoms with Crippen molar-refractivity contribution in [2.75, 3.05) is 0 Å². The van der Waals surface area contributed by atoms with Gasteiger partial charge in [0.2, 0.25) is 0 Å². The van der Waals surface area contributed by atoms with Gasteiger partial charge in [0.15, 0.2) is 0 Å². The van der Waals surface area contributed by atoms with E-state index in [0.29, 0.717) is 5.70 Å². The Morgan fingerprint density at radius 3 is 2.05 bits per heavy atom. The molecule has 0 bridgehead atoms. The zero-order valence-electron chi connectivity index (χ0n) is 12.9. The van der Waals surface area contributed by atoms with E-state index in [-0.39, 0.29) is 0 Å². The number of rotatable bonds is 6. The Labute approximate surface area is 132 Å². The highest BCUT2D eigenvalue weighted by Gasteiger charge is 2.09. The third-order valence-electron chi connectivity index (χ3n) is 3.47. The first-order valence-electron chi connectivity index (χ1n) is 7.43. The van der Waals surface area contributed by atoms with Crippen LogP contribution in [0.2, 0.25) is 0 Å². The van der Waals surface area contributed by atoms with Crippen molar-refractivity contribution in [3.05, 3.63) is 83.8 Å². The highest BCUT2D eigenvalue weighted by Crippen LogP contribution is 2.19. The summed E-state index contributed by atoms with van der Waals surface area (Å²) in [5, 5.41) is 6.75. The van der Waals surface area contributed by atoms with Crippen molar-refractivity contribution in [1.82, 2.24) is 10.6 Å². The number of nitrogens with one attached hydrogen (secondary N) is 2. The van der Waals surface area contributed by atoms with Gasteiger partial charge in [-0.1, -0.05) is 13.2 Å². The summed E-state index contributed by atoms with van der Waals surface area (Å²) in [6.45, 7) is 7.56. The van der Waals surface area contributed by atoms with E-state index in [1.165, 1.54) is 11.4 Å². The molecule has 0 atom stereocenters. The highest BCUT2D eigenvalue weighted by molar-refractivity contribution is 5.31. The van der Waals surface area contributed by atoms with Crippen LogP contribution in [-0.2, 0) is 0 Å². The van der Waals surface area contributed by atoms with E-state index in [1.807, 2.05) is 12.2 Å². The van der Waals surface area contributed by atoms with Gasteiger partial charge in [0.05, 0.1) is 0 Å². The molecular weight excluding hydrogens is 272 g/mol. The molecule has 0 radical (unpaired) electrons. The molecule has 2 rings (SSSR count). The maximum atomic E-state index is 5.77. The van der Waals surface area contributed by atoms with E-state index in [0.717, 1.165) is 42.8 Å². The quantitative estimate of drug-likeness (QED) is 0.569. The van der Waals surface area contributed by atoms with Crippen LogP contribution in [0.5, 0.6) is 0 Å². The molecule has 0 unspecified atom stereocenters. The minimum atomic E-state index is 0.516. The van der Waals surface area contributed by atoms with Crippen molar-refractivity contribution >= 4 is 0 Å². The summed E-state index contributed by atoms with van der Waals surface area (Å²) in [7, 11) is 0. The van der Waals surface area contributed by atoms with Crippen molar-refractivity contribution in [3.63, 3.8) is 0 Å². The molecule has 0 aromatic heterocycles. The molecule has 6 N–H and O–H groups in total. The smallest absolute Gasteiger partial charge is 0.0309 e. The van der Waals surface area contributed by atoms with Gasteiger partial charge in [-0.2, -0.15) is 0 Å². The van der Waals surface area contributed by atoms with E-state index in [9.17, 15) is 0 Å². The third-order valence-corrected chi connectivity index (χ3v) is 3.47. The SMILES string of the molecule is C=C(N)/C=C\C(=C)NC1=CC=C(NC2=CC=C(N)CC2)CC1. The van der Waals surface area contributed by atoms with Gasteiger partial charge in [-0.05, 0) is 62.1 Å². The van der Waals surface area contributed by atoms with E-state index in [2.05, 4.69) is 42.0 Å². The molecule has 2 aliphatic carbocycles.